The molecule has 2 N–H and O–H groups in total. The number of rotatable bonds is 8. The van der Waals surface area contributed by atoms with Crippen molar-refractivity contribution in [3.05, 3.63) is 28.2 Å². The molecule has 0 bridgehead atoms. The largest absolute Gasteiger partial charge is 0.355 e. The van der Waals surface area contributed by atoms with Crippen LogP contribution in [0.4, 0.5) is 5.69 Å². The van der Waals surface area contributed by atoms with E-state index in [9.17, 15) is 9.59 Å². The minimum Gasteiger partial charge on any atom is -0.355 e. The van der Waals surface area contributed by atoms with Crippen LogP contribution >= 0.6 is 23.2 Å². The first-order chi connectivity index (χ1) is 17.8. The fourth-order valence-corrected chi connectivity index (χ4v) is 5.34. The topological polar surface area (TPSA) is 83.5 Å². The Labute approximate surface area is 230 Å². The maximum absolute atomic E-state index is 12.4. The summed E-state index contributed by atoms with van der Waals surface area (Å²) in [6.45, 7) is 9.23. The molecule has 1 unspecified atom stereocenters. The van der Waals surface area contributed by atoms with Gasteiger partial charge in [-0.3, -0.25) is 24.4 Å². The number of carbonyl (C=O) groups is 2. The van der Waals surface area contributed by atoms with Crippen LogP contribution in [-0.4, -0.2) is 105 Å². The van der Waals surface area contributed by atoms with Crippen LogP contribution in [0.2, 0.25) is 10.0 Å². The molecular formula is C25H36BCl2N7O2. The molecule has 2 radical (unpaired) electrons. The zero-order valence-electron chi connectivity index (χ0n) is 21.5. The number of halogens is 2. The standard InChI is InChI=1S/C25H36BCl2N7O2/c1-18-16-35(20-4-5-21(27)22(28)15-20)31-25(18)30-23(36)3-2-8-29-24(37)17-32-11-13-33(14-12-32)19-6-9-34(26)10-7-19/h4-5,15,18-19H,2-3,6-14,16-17H2,1H3,(H,29,37)(H,30,31,36). The molecule has 0 saturated carbocycles. The summed E-state index contributed by atoms with van der Waals surface area (Å²) in [5.74, 6) is 0.614. The molecule has 3 aliphatic heterocycles. The number of nitrogens with zero attached hydrogens (tertiary/aromatic N) is 5. The third kappa shape index (κ3) is 8.07. The summed E-state index contributed by atoms with van der Waals surface area (Å²) < 4.78 is 0. The van der Waals surface area contributed by atoms with Crippen molar-refractivity contribution in [1.82, 2.24) is 25.2 Å². The number of hydrazone groups is 1. The Balaban J connectivity index is 1.10. The lowest BCUT2D eigenvalue weighted by Crippen LogP contribution is -2.54. The molecular weight excluding hydrogens is 512 g/mol. The van der Waals surface area contributed by atoms with E-state index in [2.05, 4.69) is 25.5 Å². The monoisotopic (exact) mass is 547 g/mol. The highest BCUT2D eigenvalue weighted by Gasteiger charge is 2.27. The lowest BCUT2D eigenvalue weighted by molar-refractivity contribution is -0.123. The molecule has 12 heteroatoms. The van der Waals surface area contributed by atoms with Gasteiger partial charge in [-0.1, -0.05) is 30.1 Å². The molecule has 4 rings (SSSR count). The summed E-state index contributed by atoms with van der Waals surface area (Å²) >= 11 is 12.1. The predicted molar refractivity (Wildman–Crippen MR) is 149 cm³/mol. The quantitative estimate of drug-likeness (QED) is 0.382. The van der Waals surface area contributed by atoms with Crippen LogP contribution in [-0.2, 0) is 9.59 Å². The van der Waals surface area contributed by atoms with Crippen molar-refractivity contribution < 1.29 is 9.59 Å². The Bertz CT molecular complexity index is 982. The van der Waals surface area contributed by atoms with Gasteiger partial charge in [0.2, 0.25) is 11.8 Å². The molecule has 3 heterocycles. The number of hydrogen-bond acceptors (Lipinski definition) is 7. The molecule has 2 saturated heterocycles. The van der Waals surface area contributed by atoms with E-state index >= 15 is 0 Å². The molecule has 2 fully saturated rings. The smallest absolute Gasteiger partial charge is 0.234 e. The summed E-state index contributed by atoms with van der Waals surface area (Å²) in [5.41, 5.74) is 0.826. The first-order valence-electron chi connectivity index (χ1n) is 13.1. The Kier molecular flexibility index (Phi) is 10.1. The van der Waals surface area contributed by atoms with Gasteiger partial charge in [-0.15, -0.1) is 0 Å². The van der Waals surface area contributed by atoms with Gasteiger partial charge in [-0.05, 0) is 50.6 Å². The van der Waals surface area contributed by atoms with Gasteiger partial charge >= 0.3 is 0 Å². The van der Waals surface area contributed by atoms with E-state index in [1.54, 1.807) is 12.1 Å². The molecule has 200 valence electrons. The van der Waals surface area contributed by atoms with Crippen LogP contribution in [0.1, 0.15) is 32.6 Å². The number of amidine groups is 1. The van der Waals surface area contributed by atoms with E-state index in [4.69, 9.17) is 31.2 Å². The van der Waals surface area contributed by atoms with E-state index in [1.165, 1.54) is 0 Å². The summed E-state index contributed by atoms with van der Waals surface area (Å²) in [5, 5.41) is 13.2. The number of piperidine rings is 1. The first-order valence-corrected chi connectivity index (χ1v) is 13.9. The number of piperazine rings is 1. The Hall–Kier alpha value is -1.85. The van der Waals surface area contributed by atoms with Gasteiger partial charge in [0.1, 0.15) is 5.84 Å². The molecule has 1 aromatic rings. The minimum atomic E-state index is -0.104. The highest BCUT2D eigenvalue weighted by Crippen LogP contribution is 2.29. The van der Waals surface area contributed by atoms with Crippen molar-refractivity contribution >= 4 is 54.5 Å². The fourth-order valence-electron chi connectivity index (χ4n) is 5.05. The predicted octanol–water partition coefficient (Wildman–Crippen LogP) is 1.94. The Morgan fingerprint density at radius 2 is 1.78 bits per heavy atom. The number of nitrogens with one attached hydrogen (secondary N) is 2. The SMILES string of the molecule is [B]N1CCC(N2CCN(CC(=O)NCCCC(=O)NC3=NN(c4ccc(Cl)c(Cl)c4)CC3C)CC2)CC1. The first kappa shape index (κ1) is 28.2. The molecule has 0 aliphatic carbocycles. The van der Waals surface area contributed by atoms with E-state index < -0.39 is 0 Å². The molecule has 37 heavy (non-hydrogen) atoms. The number of carbonyl (C=O) groups excluding carboxylic acids is 2. The molecule has 0 aromatic heterocycles. The van der Waals surface area contributed by atoms with Crippen LogP contribution in [0.5, 0.6) is 0 Å². The van der Waals surface area contributed by atoms with E-state index in [0.29, 0.717) is 54.4 Å². The van der Waals surface area contributed by atoms with Gasteiger partial charge in [-0.2, -0.15) is 5.10 Å². The average molecular weight is 548 g/mol. The van der Waals surface area contributed by atoms with Crippen LogP contribution in [0, 0.1) is 5.92 Å². The number of hydrogen-bond donors (Lipinski definition) is 2. The third-order valence-electron chi connectivity index (χ3n) is 7.30. The van der Waals surface area contributed by atoms with E-state index in [-0.39, 0.29) is 17.7 Å². The van der Waals surface area contributed by atoms with Gasteiger partial charge in [-0.25, -0.2) is 0 Å². The number of amides is 2. The molecule has 0 spiro atoms. The highest BCUT2D eigenvalue weighted by atomic mass is 35.5. The van der Waals surface area contributed by atoms with Crippen molar-refractivity contribution in [3.8, 4) is 0 Å². The van der Waals surface area contributed by atoms with Gasteiger partial charge in [0.25, 0.3) is 0 Å². The zero-order valence-corrected chi connectivity index (χ0v) is 23.0. The number of anilines is 1. The number of benzene rings is 1. The maximum atomic E-state index is 12.4. The summed E-state index contributed by atoms with van der Waals surface area (Å²) in [4.78, 5) is 31.5. The highest BCUT2D eigenvalue weighted by molar-refractivity contribution is 6.42. The molecule has 3 aliphatic rings. The van der Waals surface area contributed by atoms with Crippen molar-refractivity contribution in [2.24, 2.45) is 11.0 Å². The van der Waals surface area contributed by atoms with E-state index in [0.717, 1.165) is 57.8 Å². The molecule has 1 atom stereocenters. The van der Waals surface area contributed by atoms with Crippen molar-refractivity contribution in [1.29, 1.82) is 0 Å². The second kappa shape index (κ2) is 13.3. The lowest BCUT2D eigenvalue weighted by atomic mass is 10.00. The van der Waals surface area contributed by atoms with Crippen LogP contribution in [0.15, 0.2) is 23.3 Å². The van der Waals surface area contributed by atoms with Crippen molar-refractivity contribution in [2.45, 2.75) is 38.6 Å². The summed E-state index contributed by atoms with van der Waals surface area (Å²) in [7, 11) is 5.87. The Morgan fingerprint density at radius 1 is 1.05 bits per heavy atom. The van der Waals surface area contributed by atoms with Crippen LogP contribution in [0.3, 0.4) is 0 Å². The lowest BCUT2D eigenvalue weighted by Gasteiger charge is -2.42. The molecule has 1 aromatic carbocycles. The summed E-state index contributed by atoms with van der Waals surface area (Å²) in [6.07, 6.45) is 3.13. The minimum absolute atomic E-state index is 0.0105. The van der Waals surface area contributed by atoms with E-state index in [1.807, 2.05) is 22.8 Å². The fraction of sp³-hybridized carbons (Fsp3) is 0.640. The van der Waals surface area contributed by atoms with Gasteiger partial charge in [0.15, 0.2) is 7.98 Å². The van der Waals surface area contributed by atoms with Gasteiger partial charge in [0, 0.05) is 51.1 Å². The average Bonchev–Trinajstić information content (AvgIpc) is 3.24. The second-order valence-corrected chi connectivity index (χ2v) is 11.0. The van der Waals surface area contributed by atoms with Gasteiger partial charge < -0.3 is 15.4 Å². The van der Waals surface area contributed by atoms with Crippen molar-refractivity contribution in [3.63, 3.8) is 0 Å². The molecule has 2 amide bonds. The summed E-state index contributed by atoms with van der Waals surface area (Å²) in [6, 6.07) is 5.96. The van der Waals surface area contributed by atoms with Gasteiger partial charge in [0.05, 0.1) is 28.8 Å². The van der Waals surface area contributed by atoms with Crippen LogP contribution < -0.4 is 15.6 Å². The second-order valence-electron chi connectivity index (χ2n) is 10.1. The van der Waals surface area contributed by atoms with Crippen molar-refractivity contribution in [2.75, 3.05) is 63.9 Å². The molecule has 9 nitrogen and oxygen atoms in total. The normalized spacial score (nSPS) is 22.2. The maximum Gasteiger partial charge on any atom is 0.234 e. The zero-order chi connectivity index (χ0) is 26.4. The van der Waals surface area contributed by atoms with Crippen LogP contribution in [0.25, 0.3) is 0 Å². The third-order valence-corrected chi connectivity index (χ3v) is 8.04. The Morgan fingerprint density at radius 3 is 2.49 bits per heavy atom.